The lowest BCUT2D eigenvalue weighted by Crippen LogP contribution is -2.39. The second-order valence-electron chi connectivity index (χ2n) is 8.44. The van der Waals surface area contributed by atoms with Crippen molar-refractivity contribution in [3.63, 3.8) is 0 Å². The van der Waals surface area contributed by atoms with E-state index in [4.69, 9.17) is 0 Å². The summed E-state index contributed by atoms with van der Waals surface area (Å²) in [5.41, 5.74) is 2.13. The van der Waals surface area contributed by atoms with E-state index < -0.39 is 0 Å². The van der Waals surface area contributed by atoms with E-state index in [2.05, 4.69) is 47.1 Å². The second-order valence-corrected chi connectivity index (χ2v) is 9.35. The molecule has 2 aliphatic rings. The van der Waals surface area contributed by atoms with Gasteiger partial charge in [-0.1, -0.05) is 92.8 Å². The quantitative estimate of drug-likeness (QED) is 0.341. The Morgan fingerprint density at radius 2 is 1.56 bits per heavy atom. The van der Waals surface area contributed by atoms with Crippen LogP contribution in [0.4, 0.5) is 0 Å². The maximum Gasteiger partial charge on any atom is 0.316 e. The molecule has 0 spiro atoms. The van der Waals surface area contributed by atoms with Gasteiger partial charge in [-0.05, 0) is 60.6 Å². The molecule has 2 aliphatic carbocycles. The van der Waals surface area contributed by atoms with Gasteiger partial charge in [0.05, 0.1) is 0 Å². The Morgan fingerprint density at radius 3 is 2.16 bits per heavy atom. The van der Waals surface area contributed by atoms with Crippen LogP contribution in [0.5, 0.6) is 0 Å². The van der Waals surface area contributed by atoms with Crippen molar-refractivity contribution in [3.8, 4) is 0 Å². The summed E-state index contributed by atoms with van der Waals surface area (Å²) in [5, 5.41) is 0. The SMILES string of the molecule is CCCCC[C@H]1CC[C@H](C2(c3ccc(Br)cc3)CCCCC2)CC1.[MgH2]. The molecule has 2 heteroatoms. The molecule has 2 fully saturated rings. The minimum Gasteiger partial charge on any atom is -0.0654 e. The van der Waals surface area contributed by atoms with E-state index in [9.17, 15) is 0 Å². The first-order valence-electron chi connectivity index (χ1n) is 10.5. The molecule has 3 rings (SSSR count). The van der Waals surface area contributed by atoms with Crippen LogP contribution < -0.4 is 0 Å². The monoisotopic (exact) mass is 416 g/mol. The molecule has 1 aromatic carbocycles. The molecular weight excluding hydrogens is 380 g/mol. The van der Waals surface area contributed by atoms with Crippen LogP contribution in [-0.2, 0) is 5.41 Å². The van der Waals surface area contributed by atoms with Crippen LogP contribution in [0.15, 0.2) is 28.7 Å². The lowest BCUT2D eigenvalue weighted by Gasteiger charge is -2.47. The summed E-state index contributed by atoms with van der Waals surface area (Å²) in [7, 11) is 0. The fourth-order valence-electron chi connectivity index (χ4n) is 5.58. The van der Waals surface area contributed by atoms with Gasteiger partial charge in [-0.2, -0.15) is 0 Å². The van der Waals surface area contributed by atoms with Crippen LogP contribution in [0.3, 0.4) is 0 Å². The Labute approximate surface area is 180 Å². The average molecular weight is 418 g/mol. The number of benzene rings is 1. The smallest absolute Gasteiger partial charge is 0.0654 e. The van der Waals surface area contributed by atoms with Gasteiger partial charge in [0.1, 0.15) is 0 Å². The number of hydrogen-bond acceptors (Lipinski definition) is 0. The molecule has 0 radical (unpaired) electrons. The number of halogens is 1. The molecule has 1 aromatic rings. The molecule has 0 aliphatic heterocycles. The van der Waals surface area contributed by atoms with Crippen molar-refractivity contribution >= 4 is 39.0 Å². The zero-order valence-electron chi connectivity index (χ0n) is 15.5. The van der Waals surface area contributed by atoms with E-state index >= 15 is 0 Å². The summed E-state index contributed by atoms with van der Waals surface area (Å²) < 4.78 is 1.22. The third-order valence-electron chi connectivity index (χ3n) is 7.01. The van der Waals surface area contributed by atoms with Gasteiger partial charge >= 0.3 is 23.1 Å². The minimum atomic E-state index is 0. The van der Waals surface area contributed by atoms with Crippen LogP contribution in [0.25, 0.3) is 0 Å². The van der Waals surface area contributed by atoms with Gasteiger partial charge < -0.3 is 0 Å². The fourth-order valence-corrected chi connectivity index (χ4v) is 5.85. The van der Waals surface area contributed by atoms with E-state index in [0.29, 0.717) is 5.41 Å². The van der Waals surface area contributed by atoms with E-state index in [-0.39, 0.29) is 23.1 Å². The summed E-state index contributed by atoms with van der Waals surface area (Å²) in [6.07, 6.45) is 18.9. The van der Waals surface area contributed by atoms with Crippen LogP contribution in [0.2, 0.25) is 0 Å². The van der Waals surface area contributed by atoms with E-state index in [0.717, 1.165) is 11.8 Å². The van der Waals surface area contributed by atoms with Crippen LogP contribution in [-0.4, -0.2) is 23.1 Å². The second kappa shape index (κ2) is 10.7. The highest BCUT2D eigenvalue weighted by molar-refractivity contribution is 9.10. The van der Waals surface area contributed by atoms with Crippen LogP contribution >= 0.6 is 15.9 Å². The zero-order valence-corrected chi connectivity index (χ0v) is 17.1. The highest BCUT2D eigenvalue weighted by Crippen LogP contribution is 2.51. The first-order chi connectivity index (χ1) is 11.7. The first kappa shape index (κ1) is 21.8. The molecule has 0 saturated heterocycles. The molecule has 0 atom stereocenters. The van der Waals surface area contributed by atoms with E-state index in [1.165, 1.54) is 87.9 Å². The molecular formula is C23H37BrMg. The Hall–Kier alpha value is 0.466. The number of rotatable bonds is 6. The largest absolute Gasteiger partial charge is 0.316 e. The molecule has 2 saturated carbocycles. The van der Waals surface area contributed by atoms with Crippen molar-refractivity contribution in [1.29, 1.82) is 0 Å². The molecule has 0 N–H and O–H groups in total. The third-order valence-corrected chi connectivity index (χ3v) is 7.54. The van der Waals surface area contributed by atoms with Gasteiger partial charge in [-0.15, -0.1) is 0 Å². The van der Waals surface area contributed by atoms with Gasteiger partial charge in [0.25, 0.3) is 0 Å². The molecule has 138 valence electrons. The maximum atomic E-state index is 3.62. The summed E-state index contributed by atoms with van der Waals surface area (Å²) in [6, 6.07) is 9.37. The highest BCUT2D eigenvalue weighted by atomic mass is 79.9. The van der Waals surface area contributed by atoms with Gasteiger partial charge in [0, 0.05) is 4.47 Å². The molecule has 0 amide bonds. The van der Waals surface area contributed by atoms with Crippen LogP contribution in [0.1, 0.15) is 96.0 Å². The summed E-state index contributed by atoms with van der Waals surface area (Å²) in [4.78, 5) is 0. The molecule has 0 unspecified atom stereocenters. The van der Waals surface area contributed by atoms with Crippen molar-refractivity contribution < 1.29 is 0 Å². The summed E-state index contributed by atoms with van der Waals surface area (Å²) in [6.45, 7) is 2.32. The Morgan fingerprint density at radius 1 is 0.920 bits per heavy atom. The maximum absolute atomic E-state index is 3.62. The molecule has 0 aromatic heterocycles. The van der Waals surface area contributed by atoms with Gasteiger partial charge in [-0.25, -0.2) is 0 Å². The normalized spacial score (nSPS) is 26.0. The van der Waals surface area contributed by atoms with Gasteiger partial charge in [0.15, 0.2) is 0 Å². The topological polar surface area (TPSA) is 0 Å². The average Bonchev–Trinajstić information content (AvgIpc) is 2.64. The number of hydrogen-bond donors (Lipinski definition) is 0. The first-order valence-corrected chi connectivity index (χ1v) is 11.3. The lowest BCUT2D eigenvalue weighted by molar-refractivity contribution is 0.124. The molecule has 0 heterocycles. The number of unbranched alkanes of at least 4 members (excludes halogenated alkanes) is 2. The van der Waals surface area contributed by atoms with E-state index in [1.807, 2.05) is 0 Å². The predicted molar refractivity (Wildman–Crippen MR) is 117 cm³/mol. The lowest BCUT2D eigenvalue weighted by atomic mass is 9.57. The molecule has 0 bridgehead atoms. The van der Waals surface area contributed by atoms with Crippen molar-refractivity contribution in [3.05, 3.63) is 34.3 Å². The van der Waals surface area contributed by atoms with Crippen molar-refractivity contribution in [2.75, 3.05) is 0 Å². The summed E-state index contributed by atoms with van der Waals surface area (Å²) >= 11 is 3.62. The molecule has 25 heavy (non-hydrogen) atoms. The van der Waals surface area contributed by atoms with E-state index in [1.54, 1.807) is 5.56 Å². The highest BCUT2D eigenvalue weighted by Gasteiger charge is 2.42. The van der Waals surface area contributed by atoms with Crippen LogP contribution in [0, 0.1) is 11.8 Å². The Kier molecular flexibility index (Phi) is 9.32. The predicted octanol–water partition coefficient (Wildman–Crippen LogP) is 7.12. The zero-order chi connectivity index (χ0) is 16.8. The van der Waals surface area contributed by atoms with Gasteiger partial charge in [-0.3, -0.25) is 0 Å². The molecule has 0 nitrogen and oxygen atoms in total. The van der Waals surface area contributed by atoms with Crippen molar-refractivity contribution in [1.82, 2.24) is 0 Å². The van der Waals surface area contributed by atoms with Crippen molar-refractivity contribution in [2.45, 2.75) is 95.8 Å². The minimum absolute atomic E-state index is 0. The fraction of sp³-hybridized carbons (Fsp3) is 0.739. The summed E-state index contributed by atoms with van der Waals surface area (Å²) in [5.74, 6) is 1.96. The third kappa shape index (κ3) is 5.48. The standard InChI is InChI=1S/C23H35Br.Mg.2H/c1-2-3-5-8-19-9-11-20(12-10-19)23(17-6-4-7-18-23)21-13-15-22(24)16-14-21;;;/h13-16,19-20H,2-12,17-18H2,1H3;;;/t19-,20-;;;. The van der Waals surface area contributed by atoms with Crippen molar-refractivity contribution in [2.24, 2.45) is 11.8 Å². The Bertz CT molecular complexity index is 481. The van der Waals surface area contributed by atoms with Gasteiger partial charge in [0.2, 0.25) is 0 Å². The Balaban J connectivity index is 0.00000225.